The summed E-state index contributed by atoms with van der Waals surface area (Å²) < 4.78 is 0. The van der Waals surface area contributed by atoms with Gasteiger partial charge in [-0.15, -0.1) is 6.42 Å². The van der Waals surface area contributed by atoms with Crippen LogP contribution < -0.4 is 0 Å². The zero-order valence-corrected chi connectivity index (χ0v) is 10.6. The molecule has 0 aromatic carbocycles. The molecule has 0 heterocycles. The summed E-state index contributed by atoms with van der Waals surface area (Å²) in [7, 11) is 0. The summed E-state index contributed by atoms with van der Waals surface area (Å²) in [6.45, 7) is 11.3. The van der Waals surface area contributed by atoms with Crippen molar-refractivity contribution in [1.82, 2.24) is 4.90 Å². The lowest BCUT2D eigenvalue weighted by Gasteiger charge is -2.33. The fourth-order valence-corrected chi connectivity index (χ4v) is 1.37. The minimum Gasteiger partial charge on any atom is -0.298 e. The van der Waals surface area contributed by atoms with E-state index in [9.17, 15) is 4.79 Å². The standard InChI is InChI=1S/C13H23NO/c1-7-8-14(13(4,5)6)10-12(15)9-11(2)3/h1,11H,8-10H2,2-6H3. The molecule has 0 amide bonds. The van der Waals surface area contributed by atoms with E-state index in [1.54, 1.807) is 0 Å². The van der Waals surface area contributed by atoms with Gasteiger partial charge in [-0.3, -0.25) is 9.69 Å². The Kier molecular flexibility index (Phi) is 5.60. The SMILES string of the molecule is C#CCN(CC(=O)CC(C)C)C(C)(C)C. The topological polar surface area (TPSA) is 20.3 Å². The Morgan fingerprint density at radius 1 is 1.40 bits per heavy atom. The number of Topliss-reactive ketones (excluding diaryl/α,β-unsaturated/α-hetero) is 1. The monoisotopic (exact) mass is 209 g/mol. The molecule has 0 spiro atoms. The van der Waals surface area contributed by atoms with Gasteiger partial charge in [0.25, 0.3) is 0 Å². The van der Waals surface area contributed by atoms with Crippen molar-refractivity contribution in [1.29, 1.82) is 0 Å². The van der Waals surface area contributed by atoms with Crippen LogP contribution in [0, 0.1) is 18.3 Å². The first-order valence-electron chi connectivity index (χ1n) is 5.47. The lowest BCUT2D eigenvalue weighted by molar-refractivity contribution is -0.121. The number of carbonyl (C=O) groups excluding carboxylic acids is 1. The van der Waals surface area contributed by atoms with Gasteiger partial charge < -0.3 is 0 Å². The first-order chi connectivity index (χ1) is 6.77. The molecule has 0 atom stereocenters. The molecular formula is C13H23NO. The van der Waals surface area contributed by atoms with Crippen LogP contribution >= 0.6 is 0 Å². The van der Waals surface area contributed by atoms with Crippen LogP contribution in [0.5, 0.6) is 0 Å². The van der Waals surface area contributed by atoms with E-state index in [4.69, 9.17) is 6.42 Å². The number of hydrogen-bond acceptors (Lipinski definition) is 2. The molecule has 0 saturated heterocycles. The second kappa shape index (κ2) is 5.92. The minimum atomic E-state index is -0.0426. The van der Waals surface area contributed by atoms with Gasteiger partial charge in [0.1, 0.15) is 5.78 Å². The Bertz CT molecular complexity index is 242. The third-order valence-corrected chi connectivity index (χ3v) is 2.23. The molecule has 86 valence electrons. The van der Waals surface area contributed by atoms with E-state index in [1.807, 2.05) is 4.90 Å². The molecule has 0 aromatic heterocycles. The van der Waals surface area contributed by atoms with Gasteiger partial charge in [0.2, 0.25) is 0 Å². The molecule has 15 heavy (non-hydrogen) atoms. The van der Waals surface area contributed by atoms with Crippen LogP contribution in [-0.2, 0) is 4.79 Å². The van der Waals surface area contributed by atoms with Gasteiger partial charge in [0, 0.05) is 12.0 Å². The number of nitrogens with zero attached hydrogens (tertiary/aromatic N) is 1. The lowest BCUT2D eigenvalue weighted by atomic mass is 10.0. The van der Waals surface area contributed by atoms with Crippen LogP contribution in [0.25, 0.3) is 0 Å². The van der Waals surface area contributed by atoms with E-state index in [2.05, 4.69) is 40.5 Å². The molecular weight excluding hydrogens is 186 g/mol. The van der Waals surface area contributed by atoms with Gasteiger partial charge in [0.15, 0.2) is 0 Å². The molecule has 0 radical (unpaired) electrons. The lowest BCUT2D eigenvalue weighted by Crippen LogP contribution is -2.44. The molecule has 2 nitrogen and oxygen atoms in total. The quantitative estimate of drug-likeness (QED) is 0.648. The van der Waals surface area contributed by atoms with Gasteiger partial charge in [-0.1, -0.05) is 19.8 Å². The molecule has 0 aliphatic carbocycles. The van der Waals surface area contributed by atoms with Gasteiger partial charge in [0.05, 0.1) is 13.1 Å². The van der Waals surface area contributed by atoms with Crippen LogP contribution in [-0.4, -0.2) is 29.3 Å². The maximum absolute atomic E-state index is 11.7. The molecule has 0 bridgehead atoms. The molecule has 2 heteroatoms. The van der Waals surface area contributed by atoms with Crippen molar-refractivity contribution in [2.24, 2.45) is 5.92 Å². The number of hydrogen-bond donors (Lipinski definition) is 0. The van der Waals surface area contributed by atoms with Crippen molar-refractivity contribution >= 4 is 5.78 Å². The summed E-state index contributed by atoms with van der Waals surface area (Å²) in [5.74, 6) is 3.30. The summed E-state index contributed by atoms with van der Waals surface area (Å²) in [4.78, 5) is 13.7. The summed E-state index contributed by atoms with van der Waals surface area (Å²) in [6.07, 6.45) is 5.94. The van der Waals surface area contributed by atoms with Crippen molar-refractivity contribution in [3.8, 4) is 12.3 Å². The first-order valence-corrected chi connectivity index (χ1v) is 5.47. The van der Waals surface area contributed by atoms with Gasteiger partial charge in [-0.05, 0) is 26.7 Å². The molecule has 0 rings (SSSR count). The van der Waals surface area contributed by atoms with Crippen molar-refractivity contribution in [2.75, 3.05) is 13.1 Å². The third-order valence-electron chi connectivity index (χ3n) is 2.23. The fourth-order valence-electron chi connectivity index (χ4n) is 1.37. The van der Waals surface area contributed by atoms with E-state index in [1.165, 1.54) is 0 Å². The average molecular weight is 209 g/mol. The Morgan fingerprint density at radius 2 is 1.93 bits per heavy atom. The predicted molar refractivity (Wildman–Crippen MR) is 64.6 cm³/mol. The second-order valence-corrected chi connectivity index (χ2v) is 5.37. The number of rotatable bonds is 5. The Labute approximate surface area is 94.0 Å². The van der Waals surface area contributed by atoms with Crippen molar-refractivity contribution in [2.45, 2.75) is 46.6 Å². The maximum atomic E-state index is 11.7. The number of ketones is 1. The third kappa shape index (κ3) is 6.30. The second-order valence-electron chi connectivity index (χ2n) is 5.37. The molecule has 0 unspecified atom stereocenters. The number of carbonyl (C=O) groups is 1. The molecule has 0 aromatic rings. The zero-order valence-electron chi connectivity index (χ0n) is 10.6. The van der Waals surface area contributed by atoms with Gasteiger partial charge >= 0.3 is 0 Å². The smallest absolute Gasteiger partial charge is 0.147 e. The van der Waals surface area contributed by atoms with Crippen molar-refractivity contribution < 1.29 is 4.79 Å². The van der Waals surface area contributed by atoms with E-state index in [0.717, 1.165) is 0 Å². The Balaban J connectivity index is 4.31. The van der Waals surface area contributed by atoms with Gasteiger partial charge in [-0.25, -0.2) is 0 Å². The molecule has 0 fully saturated rings. The van der Waals surface area contributed by atoms with Gasteiger partial charge in [-0.2, -0.15) is 0 Å². The van der Waals surface area contributed by atoms with E-state index in [-0.39, 0.29) is 11.3 Å². The summed E-state index contributed by atoms with van der Waals surface area (Å²) in [5, 5.41) is 0. The normalized spacial score (nSPS) is 11.9. The van der Waals surface area contributed by atoms with Crippen LogP contribution in [0.3, 0.4) is 0 Å². The molecule has 0 aliphatic heterocycles. The highest BCUT2D eigenvalue weighted by Crippen LogP contribution is 2.13. The highest BCUT2D eigenvalue weighted by atomic mass is 16.1. The van der Waals surface area contributed by atoms with E-state index in [0.29, 0.717) is 25.4 Å². The van der Waals surface area contributed by atoms with E-state index >= 15 is 0 Å². The fraction of sp³-hybridized carbons (Fsp3) is 0.769. The van der Waals surface area contributed by atoms with Crippen LogP contribution in [0.2, 0.25) is 0 Å². The predicted octanol–water partition coefficient (Wildman–Crippen LogP) is 2.34. The van der Waals surface area contributed by atoms with Crippen LogP contribution in [0.15, 0.2) is 0 Å². The van der Waals surface area contributed by atoms with E-state index < -0.39 is 0 Å². The summed E-state index contributed by atoms with van der Waals surface area (Å²) >= 11 is 0. The zero-order chi connectivity index (χ0) is 12.1. The summed E-state index contributed by atoms with van der Waals surface area (Å²) in [5.41, 5.74) is -0.0426. The Morgan fingerprint density at radius 3 is 2.27 bits per heavy atom. The first kappa shape index (κ1) is 14.2. The van der Waals surface area contributed by atoms with Crippen molar-refractivity contribution in [3.63, 3.8) is 0 Å². The summed E-state index contributed by atoms with van der Waals surface area (Å²) in [6, 6.07) is 0. The van der Waals surface area contributed by atoms with Crippen molar-refractivity contribution in [3.05, 3.63) is 0 Å². The average Bonchev–Trinajstić information content (AvgIpc) is 2.00. The Hall–Kier alpha value is -0.810. The van der Waals surface area contributed by atoms with Crippen LogP contribution in [0.1, 0.15) is 41.0 Å². The maximum Gasteiger partial charge on any atom is 0.147 e. The molecule has 0 aliphatic rings. The highest BCUT2D eigenvalue weighted by molar-refractivity contribution is 5.80. The van der Waals surface area contributed by atoms with Crippen LogP contribution in [0.4, 0.5) is 0 Å². The minimum absolute atomic E-state index is 0.0426. The largest absolute Gasteiger partial charge is 0.298 e. The molecule has 0 saturated carbocycles. The number of terminal acetylenes is 1. The highest BCUT2D eigenvalue weighted by Gasteiger charge is 2.22. The molecule has 0 N–H and O–H groups in total.